The number of hydrogen-bond donors (Lipinski definition) is 2. The molecule has 2 heterocycles. The molecule has 25 heavy (non-hydrogen) atoms. The molecule has 0 radical (unpaired) electrons. The number of thioether (sulfide) groups is 1. The van der Waals surface area contributed by atoms with E-state index in [0.717, 1.165) is 42.9 Å². The number of carbonyl (C=O) groups is 2. The van der Waals surface area contributed by atoms with Crippen LogP contribution in [0.3, 0.4) is 0 Å². The van der Waals surface area contributed by atoms with Crippen molar-refractivity contribution in [2.24, 2.45) is 0 Å². The molecule has 2 aliphatic rings. The molecular formula is C18H26N4O2S. The number of benzene rings is 1. The average Bonchev–Trinajstić information content (AvgIpc) is 3.04. The van der Waals surface area contributed by atoms with E-state index >= 15 is 0 Å². The van der Waals surface area contributed by atoms with Crippen molar-refractivity contribution in [3.8, 4) is 0 Å². The Kier molecular flexibility index (Phi) is 5.42. The Morgan fingerprint density at radius 1 is 1.20 bits per heavy atom. The molecular weight excluding hydrogens is 336 g/mol. The second kappa shape index (κ2) is 7.56. The first-order chi connectivity index (χ1) is 12.1. The average molecular weight is 362 g/mol. The van der Waals surface area contributed by atoms with E-state index in [-0.39, 0.29) is 17.6 Å². The molecule has 2 aliphatic heterocycles. The molecule has 1 aromatic rings. The first kappa shape index (κ1) is 17.9. The van der Waals surface area contributed by atoms with Crippen LogP contribution in [-0.2, 0) is 0 Å². The highest BCUT2D eigenvalue weighted by Crippen LogP contribution is 2.40. The lowest BCUT2D eigenvalue weighted by atomic mass is 9.92. The molecule has 1 atom stereocenters. The van der Waals surface area contributed by atoms with Crippen molar-refractivity contribution >= 4 is 35.2 Å². The number of nitrogens with one attached hydrogen (secondary N) is 2. The minimum Gasteiger partial charge on any atom is -0.341 e. The summed E-state index contributed by atoms with van der Waals surface area (Å²) in [6.45, 7) is 0.837. The molecule has 3 rings (SSSR count). The van der Waals surface area contributed by atoms with Gasteiger partial charge >= 0.3 is 12.1 Å². The Hall–Kier alpha value is -1.89. The summed E-state index contributed by atoms with van der Waals surface area (Å²) in [6.07, 6.45) is 4.51. The maximum atomic E-state index is 12.8. The maximum Gasteiger partial charge on any atom is 0.322 e. The van der Waals surface area contributed by atoms with Crippen LogP contribution in [0.4, 0.5) is 21.0 Å². The predicted molar refractivity (Wildman–Crippen MR) is 104 cm³/mol. The molecule has 0 saturated carbocycles. The molecule has 0 aliphatic carbocycles. The molecule has 4 amide bonds. The smallest absolute Gasteiger partial charge is 0.322 e. The van der Waals surface area contributed by atoms with Gasteiger partial charge in [0.25, 0.3) is 0 Å². The zero-order valence-electron chi connectivity index (χ0n) is 14.9. The number of likely N-dealkylation sites (tertiary alicyclic amines) is 1. The second-order valence-electron chi connectivity index (χ2n) is 6.73. The number of carbonyl (C=O) groups excluding carboxylic acids is 2. The third-order valence-corrected chi connectivity index (χ3v) is 6.49. The van der Waals surface area contributed by atoms with Crippen LogP contribution in [0.1, 0.15) is 25.7 Å². The van der Waals surface area contributed by atoms with Crippen LogP contribution in [-0.4, -0.2) is 54.6 Å². The second-order valence-corrected chi connectivity index (χ2v) is 7.83. The standard InChI is InChI=1S/C18H26N4O2S/c1-19-16(23)21(2)15-7-5-14(6-8-15)20-17(24)22-11-3-9-18(22)10-4-12-25-13-18/h5-8H,3-4,9-13H2,1-2H3,(H,19,23)(H,20,24). The maximum absolute atomic E-state index is 12.8. The fourth-order valence-electron chi connectivity index (χ4n) is 3.75. The quantitative estimate of drug-likeness (QED) is 0.848. The number of urea groups is 2. The number of amides is 4. The van der Waals surface area contributed by atoms with Crippen LogP contribution in [0, 0.1) is 0 Å². The van der Waals surface area contributed by atoms with Crippen molar-refractivity contribution in [3.05, 3.63) is 24.3 Å². The van der Waals surface area contributed by atoms with E-state index in [1.807, 2.05) is 40.9 Å². The molecule has 1 aromatic carbocycles. The van der Waals surface area contributed by atoms with E-state index in [1.54, 1.807) is 14.1 Å². The number of anilines is 2. The molecule has 0 aromatic heterocycles. The van der Waals surface area contributed by atoms with E-state index in [1.165, 1.54) is 17.1 Å². The van der Waals surface area contributed by atoms with Gasteiger partial charge in [-0.2, -0.15) is 11.8 Å². The number of nitrogens with zero attached hydrogens (tertiary/aromatic N) is 2. The van der Waals surface area contributed by atoms with Crippen LogP contribution in [0.2, 0.25) is 0 Å². The summed E-state index contributed by atoms with van der Waals surface area (Å²) in [5, 5.41) is 5.61. The summed E-state index contributed by atoms with van der Waals surface area (Å²) in [4.78, 5) is 28.0. The highest BCUT2D eigenvalue weighted by Gasteiger charge is 2.44. The predicted octanol–water partition coefficient (Wildman–Crippen LogP) is 3.36. The fourth-order valence-corrected chi connectivity index (χ4v) is 5.06. The topological polar surface area (TPSA) is 64.7 Å². The molecule has 136 valence electrons. The monoisotopic (exact) mass is 362 g/mol. The van der Waals surface area contributed by atoms with E-state index in [4.69, 9.17) is 0 Å². The van der Waals surface area contributed by atoms with Gasteiger partial charge in [0.1, 0.15) is 0 Å². The van der Waals surface area contributed by atoms with E-state index in [2.05, 4.69) is 10.6 Å². The van der Waals surface area contributed by atoms with Gasteiger partial charge in [0.15, 0.2) is 0 Å². The van der Waals surface area contributed by atoms with Crippen molar-refractivity contribution < 1.29 is 9.59 Å². The highest BCUT2D eigenvalue weighted by molar-refractivity contribution is 7.99. The van der Waals surface area contributed by atoms with Gasteiger partial charge in [0, 0.05) is 37.8 Å². The first-order valence-corrected chi connectivity index (χ1v) is 9.93. The Labute approximate surface area is 153 Å². The van der Waals surface area contributed by atoms with Crippen molar-refractivity contribution in [1.29, 1.82) is 0 Å². The summed E-state index contributed by atoms with van der Waals surface area (Å²) in [5.41, 5.74) is 1.58. The Morgan fingerprint density at radius 3 is 2.56 bits per heavy atom. The van der Waals surface area contributed by atoms with Gasteiger partial charge in [0.05, 0.1) is 5.54 Å². The molecule has 2 saturated heterocycles. The van der Waals surface area contributed by atoms with Crippen molar-refractivity contribution in [1.82, 2.24) is 10.2 Å². The summed E-state index contributed by atoms with van der Waals surface area (Å²) in [6, 6.07) is 7.16. The SMILES string of the molecule is CNC(=O)N(C)c1ccc(NC(=O)N2CCCC23CCCSC3)cc1. The van der Waals surface area contributed by atoms with E-state index in [0.29, 0.717) is 0 Å². The fraction of sp³-hybridized carbons (Fsp3) is 0.556. The van der Waals surface area contributed by atoms with E-state index < -0.39 is 0 Å². The number of rotatable bonds is 2. The van der Waals surface area contributed by atoms with Gasteiger partial charge in [-0.1, -0.05) is 0 Å². The minimum absolute atomic E-state index is 0.00703. The third-order valence-electron chi connectivity index (χ3n) is 5.17. The molecule has 2 N–H and O–H groups in total. The zero-order chi connectivity index (χ0) is 17.9. The lowest BCUT2D eigenvalue weighted by Gasteiger charge is -2.41. The molecule has 2 fully saturated rings. The number of hydrogen-bond acceptors (Lipinski definition) is 3. The first-order valence-electron chi connectivity index (χ1n) is 8.78. The van der Waals surface area contributed by atoms with Crippen LogP contribution in [0.25, 0.3) is 0 Å². The molecule has 6 nitrogen and oxygen atoms in total. The molecule has 0 bridgehead atoms. The van der Waals surface area contributed by atoms with Gasteiger partial charge in [-0.3, -0.25) is 4.90 Å². The van der Waals surface area contributed by atoms with Gasteiger partial charge in [0.2, 0.25) is 0 Å². The Balaban J connectivity index is 1.65. The summed E-state index contributed by atoms with van der Waals surface area (Å²) in [5.74, 6) is 2.26. The molecule has 7 heteroatoms. The van der Waals surface area contributed by atoms with Crippen LogP contribution < -0.4 is 15.5 Å². The van der Waals surface area contributed by atoms with Crippen molar-refractivity contribution in [2.75, 3.05) is 42.4 Å². The summed E-state index contributed by atoms with van der Waals surface area (Å²) >= 11 is 1.96. The van der Waals surface area contributed by atoms with Crippen LogP contribution in [0.5, 0.6) is 0 Å². The van der Waals surface area contributed by atoms with Gasteiger partial charge in [-0.05, 0) is 55.7 Å². The van der Waals surface area contributed by atoms with Crippen molar-refractivity contribution in [2.45, 2.75) is 31.2 Å². The Bertz CT molecular complexity index is 628. The van der Waals surface area contributed by atoms with Crippen LogP contribution in [0.15, 0.2) is 24.3 Å². The lowest BCUT2D eigenvalue weighted by Crippen LogP contribution is -2.52. The lowest BCUT2D eigenvalue weighted by molar-refractivity contribution is 0.162. The van der Waals surface area contributed by atoms with Gasteiger partial charge in [-0.15, -0.1) is 0 Å². The normalized spacial score (nSPS) is 22.7. The summed E-state index contributed by atoms with van der Waals surface area (Å²) < 4.78 is 0. The van der Waals surface area contributed by atoms with Gasteiger partial charge < -0.3 is 15.5 Å². The third kappa shape index (κ3) is 3.71. The largest absolute Gasteiger partial charge is 0.341 e. The van der Waals surface area contributed by atoms with Gasteiger partial charge in [-0.25, -0.2) is 9.59 Å². The van der Waals surface area contributed by atoms with E-state index in [9.17, 15) is 9.59 Å². The van der Waals surface area contributed by atoms with Crippen LogP contribution >= 0.6 is 11.8 Å². The van der Waals surface area contributed by atoms with Crippen molar-refractivity contribution in [3.63, 3.8) is 0 Å². The Morgan fingerprint density at radius 2 is 1.92 bits per heavy atom. The zero-order valence-corrected chi connectivity index (χ0v) is 15.7. The minimum atomic E-state index is -0.175. The molecule has 1 spiro atoms. The highest BCUT2D eigenvalue weighted by atomic mass is 32.2. The molecule has 1 unspecified atom stereocenters. The summed E-state index contributed by atoms with van der Waals surface area (Å²) in [7, 11) is 3.31.